The summed E-state index contributed by atoms with van der Waals surface area (Å²) >= 11 is 0. The summed E-state index contributed by atoms with van der Waals surface area (Å²) in [4.78, 5) is 24.8. The molecule has 1 aliphatic rings. The Morgan fingerprint density at radius 2 is 1.96 bits per heavy atom. The molecule has 6 nitrogen and oxygen atoms in total. The van der Waals surface area contributed by atoms with Crippen molar-refractivity contribution in [1.29, 1.82) is 0 Å². The van der Waals surface area contributed by atoms with Gasteiger partial charge in [0.2, 0.25) is 0 Å². The number of carbonyl (C=O) groups excluding carboxylic acids is 1. The van der Waals surface area contributed by atoms with Crippen LogP contribution < -0.4 is 9.64 Å². The fourth-order valence-electron chi connectivity index (χ4n) is 3.50. The van der Waals surface area contributed by atoms with Crippen LogP contribution in [0.25, 0.3) is 10.9 Å². The number of ether oxygens (including phenoxy) is 1. The average Bonchev–Trinajstić information content (AvgIpc) is 3.04. The molecule has 2 aromatic heterocycles. The predicted octanol–water partition coefficient (Wildman–Crippen LogP) is 2.84. The normalized spacial score (nSPS) is 14.7. The summed E-state index contributed by atoms with van der Waals surface area (Å²) in [6.07, 6.45) is 1.80. The Balaban J connectivity index is 1.52. The SMILES string of the molecule is COc1ccc2c(C)c(C(=O)N3CCN(c4ccccn4)CC3)[nH]c2c1. The van der Waals surface area contributed by atoms with E-state index in [2.05, 4.69) is 14.9 Å². The zero-order valence-corrected chi connectivity index (χ0v) is 15.0. The molecule has 0 saturated carbocycles. The molecule has 0 unspecified atom stereocenters. The number of benzene rings is 1. The molecule has 1 aromatic carbocycles. The Labute approximate surface area is 152 Å². The van der Waals surface area contributed by atoms with Crippen molar-refractivity contribution in [3.05, 3.63) is 53.9 Å². The highest BCUT2D eigenvalue weighted by atomic mass is 16.5. The minimum atomic E-state index is 0.0540. The van der Waals surface area contributed by atoms with Crippen LogP contribution in [-0.2, 0) is 0 Å². The summed E-state index contributed by atoms with van der Waals surface area (Å²) in [5.41, 5.74) is 2.58. The van der Waals surface area contributed by atoms with Gasteiger partial charge in [-0.1, -0.05) is 6.07 Å². The number of anilines is 1. The summed E-state index contributed by atoms with van der Waals surface area (Å²) in [5, 5.41) is 1.06. The second-order valence-electron chi connectivity index (χ2n) is 6.50. The van der Waals surface area contributed by atoms with Gasteiger partial charge in [-0.2, -0.15) is 0 Å². The molecule has 4 rings (SSSR count). The van der Waals surface area contributed by atoms with Gasteiger partial charge in [0.05, 0.1) is 7.11 Å². The molecule has 1 saturated heterocycles. The van der Waals surface area contributed by atoms with Crippen molar-refractivity contribution >= 4 is 22.6 Å². The standard InChI is InChI=1S/C20H22N4O2/c1-14-16-7-6-15(26-2)13-17(16)22-19(14)20(25)24-11-9-23(10-12-24)18-5-3-4-8-21-18/h3-8,13,22H,9-12H2,1-2H3. The van der Waals surface area contributed by atoms with Crippen molar-refractivity contribution in [1.82, 2.24) is 14.9 Å². The van der Waals surface area contributed by atoms with E-state index in [0.717, 1.165) is 41.1 Å². The fourth-order valence-corrected chi connectivity index (χ4v) is 3.50. The molecule has 3 aromatic rings. The minimum absolute atomic E-state index is 0.0540. The summed E-state index contributed by atoms with van der Waals surface area (Å²) in [7, 11) is 1.64. The number of nitrogens with zero attached hydrogens (tertiary/aromatic N) is 3. The Morgan fingerprint density at radius 3 is 2.65 bits per heavy atom. The van der Waals surface area contributed by atoms with Crippen LogP contribution in [0, 0.1) is 6.92 Å². The molecule has 0 bridgehead atoms. The van der Waals surface area contributed by atoms with Crippen LogP contribution in [0.5, 0.6) is 5.75 Å². The number of nitrogens with one attached hydrogen (secondary N) is 1. The predicted molar refractivity (Wildman–Crippen MR) is 102 cm³/mol. The van der Waals surface area contributed by atoms with E-state index in [1.807, 2.05) is 48.2 Å². The van der Waals surface area contributed by atoms with Crippen molar-refractivity contribution in [3.63, 3.8) is 0 Å². The maximum absolute atomic E-state index is 13.0. The first kappa shape index (κ1) is 16.4. The third kappa shape index (κ3) is 2.87. The lowest BCUT2D eigenvalue weighted by molar-refractivity contribution is 0.0741. The van der Waals surface area contributed by atoms with E-state index >= 15 is 0 Å². The highest BCUT2D eigenvalue weighted by Gasteiger charge is 2.25. The largest absolute Gasteiger partial charge is 0.497 e. The number of pyridine rings is 1. The van der Waals surface area contributed by atoms with E-state index in [9.17, 15) is 4.79 Å². The van der Waals surface area contributed by atoms with Gasteiger partial charge in [-0.15, -0.1) is 0 Å². The number of methoxy groups -OCH3 is 1. The summed E-state index contributed by atoms with van der Waals surface area (Å²) in [5.74, 6) is 1.80. The molecule has 1 fully saturated rings. The Hall–Kier alpha value is -3.02. The second-order valence-corrected chi connectivity index (χ2v) is 6.50. The maximum atomic E-state index is 13.0. The summed E-state index contributed by atoms with van der Waals surface area (Å²) < 4.78 is 5.28. The summed E-state index contributed by atoms with van der Waals surface area (Å²) in [6, 6.07) is 11.8. The molecule has 0 radical (unpaired) electrons. The first-order valence-electron chi connectivity index (χ1n) is 8.79. The number of hydrogen-bond acceptors (Lipinski definition) is 4. The molecule has 1 amide bonds. The lowest BCUT2D eigenvalue weighted by atomic mass is 10.1. The van der Waals surface area contributed by atoms with Gasteiger partial charge >= 0.3 is 0 Å². The van der Waals surface area contributed by atoms with Crippen LogP contribution in [0.4, 0.5) is 5.82 Å². The van der Waals surface area contributed by atoms with Crippen LogP contribution in [0.1, 0.15) is 16.1 Å². The van der Waals surface area contributed by atoms with Gasteiger partial charge < -0.3 is 19.5 Å². The zero-order chi connectivity index (χ0) is 18.1. The molecule has 1 aliphatic heterocycles. The van der Waals surface area contributed by atoms with Gasteiger partial charge in [-0.3, -0.25) is 4.79 Å². The molecule has 0 aliphatic carbocycles. The fraction of sp³-hybridized carbons (Fsp3) is 0.300. The number of aromatic amines is 1. The zero-order valence-electron chi connectivity index (χ0n) is 15.0. The van der Waals surface area contributed by atoms with Gasteiger partial charge in [0.1, 0.15) is 17.3 Å². The maximum Gasteiger partial charge on any atom is 0.270 e. The van der Waals surface area contributed by atoms with E-state index in [1.54, 1.807) is 13.3 Å². The molecule has 0 spiro atoms. The number of fused-ring (bicyclic) bond motifs is 1. The van der Waals surface area contributed by atoms with E-state index < -0.39 is 0 Å². The Kier molecular flexibility index (Phi) is 4.24. The number of amides is 1. The van der Waals surface area contributed by atoms with Crippen molar-refractivity contribution in [2.45, 2.75) is 6.92 Å². The number of H-pyrrole nitrogens is 1. The van der Waals surface area contributed by atoms with Crippen LogP contribution >= 0.6 is 0 Å². The first-order chi connectivity index (χ1) is 12.7. The number of rotatable bonds is 3. The van der Waals surface area contributed by atoms with Gasteiger partial charge in [-0.25, -0.2) is 4.98 Å². The van der Waals surface area contributed by atoms with Crippen molar-refractivity contribution in [3.8, 4) is 5.75 Å². The van der Waals surface area contributed by atoms with Crippen LogP contribution in [0.2, 0.25) is 0 Å². The van der Waals surface area contributed by atoms with Crippen LogP contribution in [-0.4, -0.2) is 54.1 Å². The van der Waals surface area contributed by atoms with Crippen molar-refractivity contribution < 1.29 is 9.53 Å². The molecule has 6 heteroatoms. The molecule has 134 valence electrons. The average molecular weight is 350 g/mol. The monoisotopic (exact) mass is 350 g/mol. The minimum Gasteiger partial charge on any atom is -0.497 e. The number of hydrogen-bond donors (Lipinski definition) is 1. The number of aromatic nitrogens is 2. The van der Waals surface area contributed by atoms with Gasteiger partial charge in [-0.05, 0) is 36.8 Å². The van der Waals surface area contributed by atoms with Gasteiger partial charge in [0.25, 0.3) is 5.91 Å². The van der Waals surface area contributed by atoms with Gasteiger partial charge in [0.15, 0.2) is 0 Å². The van der Waals surface area contributed by atoms with E-state index in [4.69, 9.17) is 4.74 Å². The Morgan fingerprint density at radius 1 is 1.15 bits per heavy atom. The number of carbonyl (C=O) groups is 1. The van der Waals surface area contributed by atoms with E-state index in [1.165, 1.54) is 0 Å². The topological polar surface area (TPSA) is 61.5 Å². The third-order valence-corrected chi connectivity index (χ3v) is 5.02. The lowest BCUT2D eigenvalue weighted by Gasteiger charge is -2.35. The highest BCUT2D eigenvalue weighted by molar-refractivity contribution is 6.01. The number of piperazine rings is 1. The van der Waals surface area contributed by atoms with Gasteiger partial charge in [0, 0.05) is 49.3 Å². The molecular formula is C20H22N4O2. The Bertz CT molecular complexity index is 928. The lowest BCUT2D eigenvalue weighted by Crippen LogP contribution is -2.49. The molecule has 0 atom stereocenters. The summed E-state index contributed by atoms with van der Waals surface area (Å²) in [6.45, 7) is 4.94. The molecule has 26 heavy (non-hydrogen) atoms. The second kappa shape index (κ2) is 6.71. The first-order valence-corrected chi connectivity index (χ1v) is 8.79. The van der Waals surface area contributed by atoms with Crippen molar-refractivity contribution in [2.75, 3.05) is 38.2 Å². The number of aryl methyl sites for hydroxylation is 1. The molecular weight excluding hydrogens is 328 g/mol. The van der Waals surface area contributed by atoms with E-state index in [-0.39, 0.29) is 5.91 Å². The van der Waals surface area contributed by atoms with E-state index in [0.29, 0.717) is 18.8 Å². The molecule has 1 N–H and O–H groups in total. The smallest absolute Gasteiger partial charge is 0.270 e. The third-order valence-electron chi connectivity index (χ3n) is 5.02. The quantitative estimate of drug-likeness (QED) is 0.789. The van der Waals surface area contributed by atoms with Crippen LogP contribution in [0.3, 0.4) is 0 Å². The highest BCUT2D eigenvalue weighted by Crippen LogP contribution is 2.26. The molecule has 3 heterocycles. The van der Waals surface area contributed by atoms with Crippen LogP contribution in [0.15, 0.2) is 42.6 Å². The van der Waals surface area contributed by atoms with Crippen molar-refractivity contribution in [2.24, 2.45) is 0 Å².